The second-order valence-corrected chi connectivity index (χ2v) is 10.3. The molecule has 6 atom stereocenters. The number of hydrogen-bond donors (Lipinski definition) is 6. The highest BCUT2D eigenvalue weighted by molar-refractivity contribution is 5.14. The summed E-state index contributed by atoms with van der Waals surface area (Å²) in [7, 11) is 0. The van der Waals surface area contributed by atoms with E-state index in [2.05, 4.69) is 0 Å². The molecule has 10 nitrogen and oxygen atoms in total. The molecule has 0 spiro atoms. The van der Waals surface area contributed by atoms with Gasteiger partial charge in [-0.3, -0.25) is 0 Å². The van der Waals surface area contributed by atoms with E-state index >= 15 is 0 Å². The van der Waals surface area contributed by atoms with Gasteiger partial charge < -0.3 is 49.6 Å². The number of aliphatic hydroxyl groups is 6. The lowest BCUT2D eigenvalue weighted by Crippen LogP contribution is -2.30. The van der Waals surface area contributed by atoms with E-state index in [0.29, 0.717) is 26.1 Å². The molecule has 0 saturated carbocycles. The van der Waals surface area contributed by atoms with E-state index in [1.807, 2.05) is 60.7 Å². The monoisotopic (exact) mass is 580 g/mol. The molecule has 0 aromatic heterocycles. The summed E-state index contributed by atoms with van der Waals surface area (Å²) in [5, 5.41) is 60.4. The van der Waals surface area contributed by atoms with Gasteiger partial charge in [0.1, 0.15) is 13.6 Å². The normalized spacial score (nSPS) is 16.1. The zero-order valence-electron chi connectivity index (χ0n) is 23.7. The maximum absolute atomic E-state index is 10.5. The van der Waals surface area contributed by atoms with Gasteiger partial charge in [0.15, 0.2) is 0 Å². The molecule has 0 amide bonds. The van der Waals surface area contributed by atoms with E-state index in [1.165, 1.54) is 0 Å². The molecule has 2 aromatic carbocycles. The molecular formula is C31H48O10. The van der Waals surface area contributed by atoms with Gasteiger partial charge in [0, 0.05) is 13.2 Å². The molecule has 0 aliphatic carbocycles. The first-order chi connectivity index (χ1) is 19.9. The Bertz CT molecular complexity index is 800. The Hall–Kier alpha value is -1.96. The molecule has 0 saturated heterocycles. The van der Waals surface area contributed by atoms with E-state index < -0.39 is 36.6 Å². The molecule has 0 aliphatic heterocycles. The van der Waals surface area contributed by atoms with Gasteiger partial charge >= 0.3 is 0 Å². The van der Waals surface area contributed by atoms with E-state index in [-0.39, 0.29) is 58.9 Å². The smallest absolute Gasteiger partial charge is 0.147 e. The molecule has 2 rings (SSSR count). The van der Waals surface area contributed by atoms with Gasteiger partial charge in [0.2, 0.25) is 0 Å². The topological polar surface area (TPSA) is 158 Å². The highest BCUT2D eigenvalue weighted by Crippen LogP contribution is 2.18. The first kappa shape index (κ1) is 35.2. The molecule has 0 heterocycles. The highest BCUT2D eigenvalue weighted by atomic mass is 16.7. The molecule has 2 aromatic rings. The third kappa shape index (κ3) is 16.9. The van der Waals surface area contributed by atoms with Crippen molar-refractivity contribution in [1.29, 1.82) is 0 Å². The molecule has 232 valence electrons. The van der Waals surface area contributed by atoms with Crippen molar-refractivity contribution in [3.63, 3.8) is 0 Å². The average Bonchev–Trinajstić information content (AvgIpc) is 2.94. The fourth-order valence-electron chi connectivity index (χ4n) is 4.52. The van der Waals surface area contributed by atoms with Crippen molar-refractivity contribution in [3.05, 3.63) is 71.8 Å². The van der Waals surface area contributed by atoms with Crippen LogP contribution in [0.4, 0.5) is 0 Å². The van der Waals surface area contributed by atoms with Crippen molar-refractivity contribution in [1.82, 2.24) is 0 Å². The van der Waals surface area contributed by atoms with Gasteiger partial charge in [-0.25, -0.2) is 0 Å². The van der Waals surface area contributed by atoms with Crippen LogP contribution in [0.25, 0.3) is 0 Å². The van der Waals surface area contributed by atoms with Crippen LogP contribution in [0, 0.1) is 0 Å². The summed E-state index contributed by atoms with van der Waals surface area (Å²) in [6.45, 7) is 0.543. The van der Waals surface area contributed by atoms with Gasteiger partial charge in [-0.2, -0.15) is 0 Å². The fraction of sp³-hybridized carbons (Fsp3) is 0.613. The SMILES string of the molecule is OCC[C@H](C[C@@H](O)C[C@H](O)C[C@@H](O)C[C@@H](O)C[C@H](CCO)OCOCc1ccccc1)OCOCc1ccccc1. The Balaban J connectivity index is 1.64. The summed E-state index contributed by atoms with van der Waals surface area (Å²) in [6, 6.07) is 19.3. The Morgan fingerprint density at radius 3 is 1.17 bits per heavy atom. The maximum atomic E-state index is 10.5. The first-order valence-corrected chi connectivity index (χ1v) is 14.3. The highest BCUT2D eigenvalue weighted by Gasteiger charge is 2.23. The minimum absolute atomic E-state index is 0.00553. The summed E-state index contributed by atoms with van der Waals surface area (Å²) in [5.41, 5.74) is 2.01. The third-order valence-corrected chi connectivity index (χ3v) is 6.60. The Morgan fingerprint density at radius 2 is 0.829 bits per heavy atom. The van der Waals surface area contributed by atoms with E-state index in [1.54, 1.807) is 0 Å². The van der Waals surface area contributed by atoms with Crippen LogP contribution in [0.5, 0.6) is 0 Å². The van der Waals surface area contributed by atoms with Crippen LogP contribution < -0.4 is 0 Å². The Morgan fingerprint density at radius 1 is 0.488 bits per heavy atom. The van der Waals surface area contributed by atoms with Crippen molar-refractivity contribution >= 4 is 0 Å². The third-order valence-electron chi connectivity index (χ3n) is 6.60. The second kappa shape index (κ2) is 21.7. The fourth-order valence-corrected chi connectivity index (χ4v) is 4.52. The van der Waals surface area contributed by atoms with Crippen LogP contribution in [0.15, 0.2) is 60.7 Å². The summed E-state index contributed by atoms with van der Waals surface area (Å²) in [5.74, 6) is 0. The lowest BCUT2D eigenvalue weighted by Gasteiger charge is -2.24. The van der Waals surface area contributed by atoms with Crippen LogP contribution in [0.1, 0.15) is 56.1 Å². The molecular weight excluding hydrogens is 532 g/mol. The summed E-state index contributed by atoms with van der Waals surface area (Å²) < 4.78 is 22.4. The Labute approximate surface area is 243 Å². The second-order valence-electron chi connectivity index (χ2n) is 10.3. The molecule has 0 radical (unpaired) electrons. The van der Waals surface area contributed by atoms with Crippen molar-refractivity contribution in [2.24, 2.45) is 0 Å². The number of hydrogen-bond acceptors (Lipinski definition) is 10. The van der Waals surface area contributed by atoms with E-state index in [9.17, 15) is 30.6 Å². The van der Waals surface area contributed by atoms with Gasteiger partial charge in [-0.1, -0.05) is 60.7 Å². The predicted molar refractivity (Wildman–Crippen MR) is 152 cm³/mol. The largest absolute Gasteiger partial charge is 0.396 e. The first-order valence-electron chi connectivity index (χ1n) is 14.3. The van der Waals surface area contributed by atoms with Crippen molar-refractivity contribution in [2.45, 2.75) is 94.8 Å². The zero-order chi connectivity index (χ0) is 29.7. The number of aliphatic hydroxyl groups excluding tert-OH is 6. The minimum atomic E-state index is -0.993. The molecule has 10 heteroatoms. The summed E-state index contributed by atoms with van der Waals surface area (Å²) in [6.07, 6.45) is -3.71. The van der Waals surface area contributed by atoms with Crippen molar-refractivity contribution < 1.29 is 49.6 Å². The van der Waals surface area contributed by atoms with Gasteiger partial charge in [0.05, 0.1) is 49.8 Å². The van der Waals surface area contributed by atoms with Gasteiger partial charge in [-0.15, -0.1) is 0 Å². The number of benzene rings is 2. The van der Waals surface area contributed by atoms with Gasteiger partial charge in [0.25, 0.3) is 0 Å². The summed E-state index contributed by atoms with van der Waals surface area (Å²) >= 11 is 0. The minimum Gasteiger partial charge on any atom is -0.396 e. The average molecular weight is 581 g/mol. The Kier molecular flexibility index (Phi) is 18.7. The zero-order valence-corrected chi connectivity index (χ0v) is 23.7. The van der Waals surface area contributed by atoms with E-state index in [0.717, 1.165) is 11.1 Å². The van der Waals surface area contributed by atoms with E-state index in [4.69, 9.17) is 18.9 Å². The van der Waals surface area contributed by atoms with Crippen molar-refractivity contribution in [3.8, 4) is 0 Å². The molecule has 0 fully saturated rings. The maximum Gasteiger partial charge on any atom is 0.147 e. The number of ether oxygens (including phenoxy) is 4. The summed E-state index contributed by atoms with van der Waals surface area (Å²) in [4.78, 5) is 0. The van der Waals surface area contributed by atoms with Crippen LogP contribution >= 0.6 is 0 Å². The van der Waals surface area contributed by atoms with Crippen LogP contribution in [0.2, 0.25) is 0 Å². The van der Waals surface area contributed by atoms with Crippen LogP contribution in [-0.4, -0.2) is 94.1 Å². The van der Waals surface area contributed by atoms with Gasteiger partial charge in [-0.05, 0) is 56.1 Å². The molecule has 0 aliphatic rings. The standard InChI is InChI=1S/C31H48O10/c32-13-11-30(40-22-38-20-24-7-3-1-4-8-24)18-28(36)16-26(34)15-27(35)17-29(37)19-31(12-14-33)41-23-39-21-25-9-5-2-6-10-25/h1-10,26-37H,11-23H2/t26-,27-,28-,29+,30+,31-/m1/s1. The quantitative estimate of drug-likeness (QED) is 0.0804. The number of rotatable bonds is 24. The lowest BCUT2D eigenvalue weighted by molar-refractivity contribution is -0.113. The predicted octanol–water partition coefficient (Wildman–Crippen LogP) is 2.26. The van der Waals surface area contributed by atoms with Crippen LogP contribution in [-0.2, 0) is 32.2 Å². The molecule has 6 N–H and O–H groups in total. The molecule has 0 unspecified atom stereocenters. The molecule has 0 bridgehead atoms. The van der Waals surface area contributed by atoms with Crippen LogP contribution in [0.3, 0.4) is 0 Å². The molecule has 41 heavy (non-hydrogen) atoms. The van der Waals surface area contributed by atoms with Crippen molar-refractivity contribution in [2.75, 3.05) is 26.8 Å². The lowest BCUT2D eigenvalue weighted by atomic mass is 9.96.